The summed E-state index contributed by atoms with van der Waals surface area (Å²) in [6.07, 6.45) is 0. The minimum Gasteiger partial charge on any atom is -0.394 e. The molecule has 0 saturated heterocycles. The van der Waals surface area contributed by atoms with Crippen molar-refractivity contribution in [2.75, 3.05) is 11.9 Å². The molecule has 0 aliphatic heterocycles. The summed E-state index contributed by atoms with van der Waals surface area (Å²) in [5.41, 5.74) is 0.159. The molecule has 1 aromatic rings. The van der Waals surface area contributed by atoms with Crippen LogP contribution in [-0.4, -0.2) is 29.6 Å². The van der Waals surface area contributed by atoms with E-state index >= 15 is 0 Å². The van der Waals surface area contributed by atoms with E-state index in [4.69, 9.17) is 5.11 Å². The lowest BCUT2D eigenvalue weighted by Crippen LogP contribution is -2.35. The average molecular weight is 254 g/mol. The van der Waals surface area contributed by atoms with E-state index in [2.05, 4.69) is 10.6 Å². The van der Waals surface area contributed by atoms with Gasteiger partial charge in [0, 0.05) is 18.5 Å². The zero-order valence-corrected chi connectivity index (χ0v) is 10.2. The third-order valence-corrected chi connectivity index (χ3v) is 2.19. The number of amides is 2. The molecule has 1 atom stereocenters. The van der Waals surface area contributed by atoms with Crippen LogP contribution in [0, 0.1) is 5.82 Å². The maximum atomic E-state index is 13.3. The Hall–Kier alpha value is -1.95. The summed E-state index contributed by atoms with van der Waals surface area (Å²) >= 11 is 0. The van der Waals surface area contributed by atoms with Crippen molar-refractivity contribution in [2.24, 2.45) is 0 Å². The highest BCUT2D eigenvalue weighted by Crippen LogP contribution is 2.16. The van der Waals surface area contributed by atoms with Crippen LogP contribution in [0.25, 0.3) is 0 Å². The average Bonchev–Trinajstić information content (AvgIpc) is 2.31. The van der Waals surface area contributed by atoms with Crippen LogP contribution in [-0.2, 0) is 4.79 Å². The molecular formula is C12H15FN2O3. The number of anilines is 1. The van der Waals surface area contributed by atoms with E-state index < -0.39 is 23.7 Å². The largest absolute Gasteiger partial charge is 0.394 e. The number of rotatable bonds is 4. The van der Waals surface area contributed by atoms with Gasteiger partial charge in [-0.3, -0.25) is 9.59 Å². The number of hydrogen-bond acceptors (Lipinski definition) is 3. The Kier molecular flexibility index (Phi) is 4.79. The topological polar surface area (TPSA) is 78.4 Å². The van der Waals surface area contributed by atoms with Crippen molar-refractivity contribution < 1.29 is 19.1 Å². The Bertz CT molecular complexity index is 463. The second-order valence-electron chi connectivity index (χ2n) is 3.93. The molecular weight excluding hydrogens is 239 g/mol. The molecule has 0 heterocycles. The summed E-state index contributed by atoms with van der Waals surface area (Å²) in [5.74, 6) is -1.48. The summed E-state index contributed by atoms with van der Waals surface area (Å²) in [6.45, 7) is 2.70. The van der Waals surface area contributed by atoms with Crippen molar-refractivity contribution in [3.8, 4) is 0 Å². The number of carbonyl (C=O) groups is 2. The number of halogens is 1. The predicted molar refractivity (Wildman–Crippen MR) is 64.7 cm³/mol. The predicted octanol–water partition coefficient (Wildman–Crippen LogP) is 0.895. The minimum absolute atomic E-state index is 0.0493. The van der Waals surface area contributed by atoms with Gasteiger partial charge in [-0.05, 0) is 25.1 Å². The number of benzene rings is 1. The Labute approximate surface area is 104 Å². The lowest BCUT2D eigenvalue weighted by Gasteiger charge is -2.12. The quantitative estimate of drug-likeness (QED) is 0.746. The van der Waals surface area contributed by atoms with Crippen molar-refractivity contribution in [3.05, 3.63) is 29.6 Å². The molecule has 0 aliphatic carbocycles. The molecule has 0 aliphatic rings. The molecule has 5 nitrogen and oxygen atoms in total. The molecule has 0 radical (unpaired) electrons. The second-order valence-corrected chi connectivity index (χ2v) is 3.93. The Morgan fingerprint density at radius 1 is 1.44 bits per heavy atom. The number of carbonyl (C=O) groups excluding carboxylic acids is 2. The highest BCUT2D eigenvalue weighted by atomic mass is 19.1. The van der Waals surface area contributed by atoms with E-state index in [9.17, 15) is 14.0 Å². The van der Waals surface area contributed by atoms with Gasteiger partial charge in [-0.1, -0.05) is 0 Å². The van der Waals surface area contributed by atoms with Crippen molar-refractivity contribution in [3.63, 3.8) is 0 Å². The van der Waals surface area contributed by atoms with E-state index in [1.165, 1.54) is 19.1 Å². The van der Waals surface area contributed by atoms with Gasteiger partial charge < -0.3 is 15.7 Å². The summed E-state index contributed by atoms with van der Waals surface area (Å²) < 4.78 is 13.3. The molecule has 0 spiro atoms. The van der Waals surface area contributed by atoms with Gasteiger partial charge in [0.15, 0.2) is 0 Å². The van der Waals surface area contributed by atoms with Gasteiger partial charge in [-0.15, -0.1) is 0 Å². The van der Waals surface area contributed by atoms with E-state index in [-0.39, 0.29) is 17.9 Å². The van der Waals surface area contributed by atoms with Gasteiger partial charge in [-0.2, -0.15) is 0 Å². The summed E-state index contributed by atoms with van der Waals surface area (Å²) in [6, 6.07) is 3.26. The van der Waals surface area contributed by atoms with Gasteiger partial charge in [0.2, 0.25) is 5.91 Å². The van der Waals surface area contributed by atoms with Gasteiger partial charge in [0.05, 0.1) is 12.3 Å². The monoisotopic (exact) mass is 254 g/mol. The molecule has 1 aromatic carbocycles. The van der Waals surface area contributed by atoms with Crippen LogP contribution in [0.3, 0.4) is 0 Å². The normalized spacial score (nSPS) is 11.8. The Balaban J connectivity index is 2.90. The number of nitrogens with one attached hydrogen (secondary N) is 2. The zero-order chi connectivity index (χ0) is 13.7. The maximum absolute atomic E-state index is 13.3. The fraction of sp³-hybridized carbons (Fsp3) is 0.333. The minimum atomic E-state index is -0.614. The van der Waals surface area contributed by atoms with E-state index in [0.717, 1.165) is 6.07 Å². The van der Waals surface area contributed by atoms with Gasteiger partial charge >= 0.3 is 0 Å². The van der Waals surface area contributed by atoms with Crippen LogP contribution in [0.5, 0.6) is 0 Å². The molecule has 18 heavy (non-hydrogen) atoms. The fourth-order valence-electron chi connectivity index (χ4n) is 1.30. The summed E-state index contributed by atoms with van der Waals surface area (Å²) in [7, 11) is 0. The number of hydrogen-bond donors (Lipinski definition) is 3. The van der Waals surface area contributed by atoms with Crippen LogP contribution >= 0.6 is 0 Å². The smallest absolute Gasteiger partial charge is 0.251 e. The Morgan fingerprint density at radius 3 is 2.67 bits per heavy atom. The molecule has 6 heteroatoms. The molecule has 0 fully saturated rings. The zero-order valence-electron chi connectivity index (χ0n) is 10.2. The first-order chi connectivity index (χ1) is 8.43. The van der Waals surface area contributed by atoms with Gasteiger partial charge in [0.1, 0.15) is 5.82 Å². The van der Waals surface area contributed by atoms with Gasteiger partial charge in [0.25, 0.3) is 5.91 Å². The van der Waals surface area contributed by atoms with Crippen molar-refractivity contribution in [1.82, 2.24) is 5.32 Å². The third kappa shape index (κ3) is 3.81. The third-order valence-electron chi connectivity index (χ3n) is 2.19. The van der Waals surface area contributed by atoms with E-state index in [1.54, 1.807) is 6.92 Å². The molecule has 2 amide bonds. The molecule has 1 rings (SSSR count). The number of aliphatic hydroxyl groups excluding tert-OH is 1. The fourth-order valence-corrected chi connectivity index (χ4v) is 1.30. The Morgan fingerprint density at radius 2 is 2.11 bits per heavy atom. The maximum Gasteiger partial charge on any atom is 0.251 e. The molecule has 1 unspecified atom stereocenters. The van der Waals surface area contributed by atoms with E-state index in [1.807, 2.05) is 0 Å². The SMILES string of the molecule is CC(=O)Nc1cc(C(=O)NC(C)CO)ccc1F. The standard InChI is InChI=1S/C12H15FN2O3/c1-7(6-16)14-12(18)9-3-4-10(13)11(5-9)15-8(2)17/h3-5,7,16H,6H2,1-2H3,(H,14,18)(H,15,17). The van der Waals surface area contributed by atoms with Crippen molar-refractivity contribution in [1.29, 1.82) is 0 Å². The summed E-state index contributed by atoms with van der Waals surface area (Å²) in [4.78, 5) is 22.6. The first-order valence-electron chi connectivity index (χ1n) is 5.43. The second kappa shape index (κ2) is 6.11. The van der Waals surface area contributed by atoms with Crippen LogP contribution in [0.1, 0.15) is 24.2 Å². The van der Waals surface area contributed by atoms with Crippen LogP contribution in [0.2, 0.25) is 0 Å². The summed E-state index contributed by atoms with van der Waals surface area (Å²) in [5, 5.41) is 13.6. The van der Waals surface area contributed by atoms with Crippen LogP contribution in [0.15, 0.2) is 18.2 Å². The highest BCUT2D eigenvalue weighted by molar-refractivity contribution is 5.97. The highest BCUT2D eigenvalue weighted by Gasteiger charge is 2.12. The lowest BCUT2D eigenvalue weighted by molar-refractivity contribution is -0.114. The first-order valence-corrected chi connectivity index (χ1v) is 5.43. The number of aliphatic hydroxyl groups is 1. The van der Waals surface area contributed by atoms with E-state index in [0.29, 0.717) is 0 Å². The molecule has 98 valence electrons. The lowest BCUT2D eigenvalue weighted by atomic mass is 10.1. The molecule has 0 saturated carbocycles. The first kappa shape index (κ1) is 14.1. The van der Waals surface area contributed by atoms with Crippen LogP contribution in [0.4, 0.5) is 10.1 Å². The molecule has 0 aromatic heterocycles. The van der Waals surface area contributed by atoms with Gasteiger partial charge in [-0.25, -0.2) is 4.39 Å². The molecule has 3 N–H and O–H groups in total. The van der Waals surface area contributed by atoms with Crippen molar-refractivity contribution in [2.45, 2.75) is 19.9 Å². The van der Waals surface area contributed by atoms with Crippen molar-refractivity contribution >= 4 is 17.5 Å². The molecule has 0 bridgehead atoms. The van der Waals surface area contributed by atoms with Crippen LogP contribution < -0.4 is 10.6 Å².